The highest BCUT2D eigenvalue weighted by Crippen LogP contribution is 2.30. The lowest BCUT2D eigenvalue weighted by molar-refractivity contribution is 0.0994. The number of aromatic amines is 1. The van der Waals surface area contributed by atoms with Gasteiger partial charge in [-0.25, -0.2) is 4.98 Å². The summed E-state index contributed by atoms with van der Waals surface area (Å²) >= 11 is 0. The zero-order valence-electron chi connectivity index (χ0n) is 9.49. The van der Waals surface area contributed by atoms with Crippen molar-refractivity contribution in [1.29, 1.82) is 0 Å². The maximum absolute atomic E-state index is 5.64. The Labute approximate surface area is 90.4 Å². The molecule has 4 heteroatoms. The van der Waals surface area contributed by atoms with Gasteiger partial charge >= 0.3 is 0 Å². The van der Waals surface area contributed by atoms with Crippen molar-refractivity contribution in [2.45, 2.75) is 51.6 Å². The minimum atomic E-state index is 0.315. The summed E-state index contributed by atoms with van der Waals surface area (Å²) in [5.74, 6) is 2.36. The van der Waals surface area contributed by atoms with Gasteiger partial charge in [0.15, 0.2) is 5.82 Å². The van der Waals surface area contributed by atoms with Crippen LogP contribution in [0.1, 0.15) is 50.7 Å². The fourth-order valence-electron chi connectivity index (χ4n) is 2.17. The van der Waals surface area contributed by atoms with Crippen LogP contribution in [0.2, 0.25) is 0 Å². The van der Waals surface area contributed by atoms with E-state index in [0.29, 0.717) is 12.0 Å². The molecule has 2 atom stereocenters. The van der Waals surface area contributed by atoms with Crippen LogP contribution in [-0.2, 0) is 11.2 Å². The van der Waals surface area contributed by atoms with Crippen molar-refractivity contribution >= 4 is 0 Å². The molecule has 1 aromatic heterocycles. The summed E-state index contributed by atoms with van der Waals surface area (Å²) in [6, 6.07) is 0. The minimum absolute atomic E-state index is 0.315. The van der Waals surface area contributed by atoms with Gasteiger partial charge in [-0.15, -0.1) is 0 Å². The summed E-state index contributed by atoms with van der Waals surface area (Å²) in [7, 11) is 0. The van der Waals surface area contributed by atoms with Gasteiger partial charge in [0, 0.05) is 18.9 Å². The van der Waals surface area contributed by atoms with Crippen LogP contribution in [0.5, 0.6) is 0 Å². The smallest absolute Gasteiger partial charge is 0.156 e. The number of nitrogens with one attached hydrogen (secondary N) is 1. The van der Waals surface area contributed by atoms with Crippen LogP contribution in [0, 0.1) is 0 Å². The predicted octanol–water partition coefficient (Wildman–Crippen LogP) is 2.04. The van der Waals surface area contributed by atoms with E-state index < -0.39 is 0 Å². The lowest BCUT2D eigenvalue weighted by atomic mass is 9.99. The molecule has 2 unspecified atom stereocenters. The Kier molecular flexibility index (Phi) is 3.36. The second-order valence-electron chi connectivity index (χ2n) is 4.10. The Morgan fingerprint density at radius 3 is 3.07 bits per heavy atom. The van der Waals surface area contributed by atoms with Gasteiger partial charge in [-0.05, 0) is 19.3 Å². The summed E-state index contributed by atoms with van der Waals surface area (Å²) in [6.45, 7) is 5.15. The molecule has 0 saturated carbocycles. The summed E-state index contributed by atoms with van der Waals surface area (Å²) in [6.07, 6.45) is 4.50. The average molecular weight is 209 g/mol. The number of rotatable bonds is 4. The van der Waals surface area contributed by atoms with Gasteiger partial charge in [-0.2, -0.15) is 5.10 Å². The van der Waals surface area contributed by atoms with Crippen LogP contribution >= 0.6 is 0 Å². The van der Waals surface area contributed by atoms with Crippen LogP contribution in [-0.4, -0.2) is 27.9 Å². The Hall–Kier alpha value is -0.900. The number of H-pyrrole nitrogens is 1. The highest BCUT2D eigenvalue weighted by molar-refractivity contribution is 5.03. The van der Waals surface area contributed by atoms with E-state index in [1.54, 1.807) is 0 Å². The Morgan fingerprint density at radius 2 is 2.33 bits per heavy atom. The number of hydrogen-bond donors (Lipinski definition) is 1. The first kappa shape index (κ1) is 10.6. The Balaban J connectivity index is 2.07. The number of hydrogen-bond acceptors (Lipinski definition) is 3. The molecule has 0 aliphatic carbocycles. The highest BCUT2D eigenvalue weighted by Gasteiger charge is 2.31. The van der Waals surface area contributed by atoms with E-state index in [0.717, 1.165) is 43.9 Å². The lowest BCUT2D eigenvalue weighted by Crippen LogP contribution is -2.14. The van der Waals surface area contributed by atoms with E-state index in [-0.39, 0.29) is 0 Å². The standard InChI is InChI=1S/C11H19N3O/c1-3-5-10-12-11(14-13-10)8-6-7-15-9(8)4-2/h8-9H,3-7H2,1-2H3,(H,12,13,14). The molecule has 1 N–H and O–H groups in total. The van der Waals surface area contributed by atoms with Crippen LogP contribution < -0.4 is 0 Å². The summed E-state index contributed by atoms with van der Waals surface area (Å²) in [4.78, 5) is 4.53. The molecule has 4 nitrogen and oxygen atoms in total. The second kappa shape index (κ2) is 4.75. The van der Waals surface area contributed by atoms with Gasteiger partial charge in [0.05, 0.1) is 6.10 Å². The normalized spacial score (nSPS) is 26.0. The number of nitrogens with zero attached hydrogens (tertiary/aromatic N) is 2. The van der Waals surface area contributed by atoms with E-state index in [1.165, 1.54) is 0 Å². The first-order valence-corrected chi connectivity index (χ1v) is 5.88. The van der Waals surface area contributed by atoms with Crippen LogP contribution in [0.25, 0.3) is 0 Å². The van der Waals surface area contributed by atoms with Gasteiger partial charge in [0.1, 0.15) is 5.82 Å². The summed E-state index contributed by atoms with van der Waals surface area (Å²) < 4.78 is 5.64. The van der Waals surface area contributed by atoms with Crippen LogP contribution in [0.15, 0.2) is 0 Å². The fraction of sp³-hybridized carbons (Fsp3) is 0.818. The largest absolute Gasteiger partial charge is 0.377 e. The quantitative estimate of drug-likeness (QED) is 0.825. The molecule has 1 aromatic rings. The van der Waals surface area contributed by atoms with E-state index in [1.807, 2.05) is 0 Å². The molecule has 1 aliphatic rings. The number of ether oxygens (including phenoxy) is 1. The van der Waals surface area contributed by atoms with Crippen molar-refractivity contribution < 1.29 is 4.74 Å². The molecule has 1 saturated heterocycles. The van der Waals surface area contributed by atoms with Crippen LogP contribution in [0.3, 0.4) is 0 Å². The van der Waals surface area contributed by atoms with E-state index >= 15 is 0 Å². The molecule has 84 valence electrons. The monoisotopic (exact) mass is 209 g/mol. The minimum Gasteiger partial charge on any atom is -0.377 e. The van der Waals surface area contributed by atoms with Crippen molar-refractivity contribution in [2.24, 2.45) is 0 Å². The summed E-state index contributed by atoms with van der Waals surface area (Å²) in [5, 5.41) is 7.31. The third-order valence-corrected chi connectivity index (χ3v) is 2.98. The molecule has 2 rings (SSSR count). The number of aryl methyl sites for hydroxylation is 1. The first-order valence-electron chi connectivity index (χ1n) is 5.88. The van der Waals surface area contributed by atoms with Gasteiger partial charge in [-0.1, -0.05) is 13.8 Å². The molecule has 0 amide bonds. The van der Waals surface area contributed by atoms with Crippen molar-refractivity contribution in [3.05, 3.63) is 11.6 Å². The molecule has 1 fully saturated rings. The average Bonchev–Trinajstić information content (AvgIpc) is 2.84. The zero-order valence-corrected chi connectivity index (χ0v) is 9.49. The highest BCUT2D eigenvalue weighted by atomic mass is 16.5. The van der Waals surface area contributed by atoms with Crippen molar-refractivity contribution in [1.82, 2.24) is 15.2 Å². The molecule has 1 aliphatic heterocycles. The van der Waals surface area contributed by atoms with Gasteiger partial charge in [-0.3, -0.25) is 5.10 Å². The fourth-order valence-corrected chi connectivity index (χ4v) is 2.17. The maximum Gasteiger partial charge on any atom is 0.156 e. The first-order chi connectivity index (χ1) is 7.35. The van der Waals surface area contributed by atoms with Crippen molar-refractivity contribution in [3.8, 4) is 0 Å². The molecule has 0 spiro atoms. The lowest BCUT2D eigenvalue weighted by Gasteiger charge is -2.12. The third kappa shape index (κ3) is 2.20. The SMILES string of the molecule is CCCc1nc(C2CCOC2CC)n[nH]1. The Morgan fingerprint density at radius 1 is 1.47 bits per heavy atom. The van der Waals surface area contributed by atoms with Gasteiger partial charge in [0.2, 0.25) is 0 Å². The second-order valence-corrected chi connectivity index (χ2v) is 4.10. The topological polar surface area (TPSA) is 50.8 Å². The molecule has 0 bridgehead atoms. The van der Waals surface area contributed by atoms with Crippen molar-refractivity contribution in [3.63, 3.8) is 0 Å². The summed E-state index contributed by atoms with van der Waals surface area (Å²) in [5.41, 5.74) is 0. The molecular formula is C11H19N3O. The van der Waals surface area contributed by atoms with E-state index in [4.69, 9.17) is 4.74 Å². The zero-order chi connectivity index (χ0) is 10.7. The molecule has 0 radical (unpaired) electrons. The maximum atomic E-state index is 5.64. The number of aromatic nitrogens is 3. The Bertz CT molecular complexity index is 311. The third-order valence-electron chi connectivity index (χ3n) is 2.98. The van der Waals surface area contributed by atoms with Gasteiger partial charge < -0.3 is 4.74 Å². The molecule has 0 aromatic carbocycles. The van der Waals surface area contributed by atoms with E-state index in [9.17, 15) is 0 Å². The van der Waals surface area contributed by atoms with Crippen LogP contribution in [0.4, 0.5) is 0 Å². The van der Waals surface area contributed by atoms with Gasteiger partial charge in [0.25, 0.3) is 0 Å². The predicted molar refractivity (Wildman–Crippen MR) is 57.8 cm³/mol. The molecule has 15 heavy (non-hydrogen) atoms. The van der Waals surface area contributed by atoms with Crippen molar-refractivity contribution in [2.75, 3.05) is 6.61 Å². The molecule has 2 heterocycles. The molecular weight excluding hydrogens is 190 g/mol. The van der Waals surface area contributed by atoms with E-state index in [2.05, 4.69) is 29.0 Å².